The second kappa shape index (κ2) is 7.20. The quantitative estimate of drug-likeness (QED) is 0.888. The molecule has 0 aliphatic heterocycles. The SMILES string of the molecule is COc1ccccc1CN(C)Cc1cc(CN)ccc1F. The number of hydrogen-bond donors (Lipinski definition) is 1. The van der Waals surface area contributed by atoms with Gasteiger partial charge in [-0.3, -0.25) is 4.90 Å². The molecule has 2 N–H and O–H groups in total. The van der Waals surface area contributed by atoms with Gasteiger partial charge in [0.1, 0.15) is 11.6 Å². The number of nitrogens with two attached hydrogens (primary N) is 1. The highest BCUT2D eigenvalue weighted by Crippen LogP contribution is 2.20. The zero-order chi connectivity index (χ0) is 15.2. The normalized spacial score (nSPS) is 10.9. The zero-order valence-electron chi connectivity index (χ0n) is 12.5. The summed E-state index contributed by atoms with van der Waals surface area (Å²) in [5, 5.41) is 0. The Balaban J connectivity index is 2.09. The summed E-state index contributed by atoms with van der Waals surface area (Å²) in [6, 6.07) is 12.9. The predicted octanol–water partition coefficient (Wildman–Crippen LogP) is 2.93. The summed E-state index contributed by atoms with van der Waals surface area (Å²) in [4.78, 5) is 2.05. The van der Waals surface area contributed by atoms with Gasteiger partial charge in [0.15, 0.2) is 0 Å². The van der Waals surface area contributed by atoms with Crippen LogP contribution in [0.2, 0.25) is 0 Å². The van der Waals surface area contributed by atoms with E-state index in [4.69, 9.17) is 10.5 Å². The van der Waals surface area contributed by atoms with E-state index in [-0.39, 0.29) is 5.82 Å². The molecular weight excluding hydrogens is 267 g/mol. The van der Waals surface area contributed by atoms with Gasteiger partial charge >= 0.3 is 0 Å². The summed E-state index contributed by atoms with van der Waals surface area (Å²) in [7, 11) is 3.62. The first kappa shape index (κ1) is 15.5. The molecule has 21 heavy (non-hydrogen) atoms. The Morgan fingerprint density at radius 3 is 2.52 bits per heavy atom. The number of hydrogen-bond acceptors (Lipinski definition) is 3. The molecule has 2 rings (SSSR count). The lowest BCUT2D eigenvalue weighted by Crippen LogP contribution is -2.18. The van der Waals surface area contributed by atoms with Crippen molar-refractivity contribution in [2.24, 2.45) is 5.73 Å². The van der Waals surface area contributed by atoms with Gasteiger partial charge in [0.2, 0.25) is 0 Å². The van der Waals surface area contributed by atoms with Crippen LogP contribution in [-0.4, -0.2) is 19.1 Å². The average molecular weight is 288 g/mol. The molecule has 0 amide bonds. The first-order valence-electron chi connectivity index (χ1n) is 6.92. The lowest BCUT2D eigenvalue weighted by Gasteiger charge is -2.19. The van der Waals surface area contributed by atoms with E-state index in [9.17, 15) is 4.39 Å². The van der Waals surface area contributed by atoms with Crippen LogP contribution in [-0.2, 0) is 19.6 Å². The molecule has 0 radical (unpaired) electrons. The molecule has 0 spiro atoms. The highest BCUT2D eigenvalue weighted by molar-refractivity contribution is 5.33. The van der Waals surface area contributed by atoms with Crippen molar-refractivity contribution in [3.63, 3.8) is 0 Å². The standard InChI is InChI=1S/C17H21FN2O/c1-20(11-14-5-3-4-6-17(14)21-2)12-15-9-13(10-19)7-8-16(15)18/h3-9H,10-12,19H2,1-2H3. The van der Waals surface area contributed by atoms with E-state index < -0.39 is 0 Å². The maximum absolute atomic E-state index is 13.9. The van der Waals surface area contributed by atoms with Crippen molar-refractivity contribution < 1.29 is 9.13 Å². The highest BCUT2D eigenvalue weighted by atomic mass is 19.1. The molecule has 0 saturated heterocycles. The van der Waals surface area contributed by atoms with Crippen molar-refractivity contribution in [2.75, 3.05) is 14.2 Å². The van der Waals surface area contributed by atoms with Crippen LogP contribution in [0.3, 0.4) is 0 Å². The van der Waals surface area contributed by atoms with E-state index in [1.165, 1.54) is 6.07 Å². The third kappa shape index (κ3) is 4.03. The second-order valence-corrected chi connectivity index (χ2v) is 5.11. The molecule has 0 aromatic heterocycles. The summed E-state index contributed by atoms with van der Waals surface area (Å²) < 4.78 is 19.2. The number of ether oxygens (including phenoxy) is 1. The zero-order valence-corrected chi connectivity index (χ0v) is 12.5. The van der Waals surface area contributed by atoms with Crippen LogP contribution >= 0.6 is 0 Å². The first-order chi connectivity index (χ1) is 10.1. The Morgan fingerprint density at radius 1 is 1.10 bits per heavy atom. The molecule has 3 nitrogen and oxygen atoms in total. The molecule has 2 aromatic rings. The minimum atomic E-state index is -0.195. The van der Waals surface area contributed by atoms with Crippen LogP contribution in [0.25, 0.3) is 0 Å². The number of benzene rings is 2. The molecule has 112 valence electrons. The molecule has 0 heterocycles. The summed E-state index contributed by atoms with van der Waals surface area (Å²) in [5.41, 5.74) is 8.29. The molecule has 0 unspecified atom stereocenters. The maximum Gasteiger partial charge on any atom is 0.127 e. The van der Waals surface area contributed by atoms with Gasteiger partial charge in [-0.15, -0.1) is 0 Å². The van der Waals surface area contributed by atoms with Crippen molar-refractivity contribution in [3.05, 3.63) is 65.0 Å². The largest absolute Gasteiger partial charge is 0.496 e. The van der Waals surface area contributed by atoms with Crippen LogP contribution in [0.4, 0.5) is 4.39 Å². The number of methoxy groups -OCH3 is 1. The molecule has 4 heteroatoms. The Bertz CT molecular complexity index is 601. The predicted molar refractivity (Wildman–Crippen MR) is 82.5 cm³/mol. The van der Waals surface area contributed by atoms with E-state index in [2.05, 4.69) is 4.90 Å². The van der Waals surface area contributed by atoms with Crippen LogP contribution in [0.1, 0.15) is 16.7 Å². The van der Waals surface area contributed by atoms with Gasteiger partial charge in [-0.1, -0.05) is 30.3 Å². The van der Waals surface area contributed by atoms with Gasteiger partial charge in [0, 0.05) is 30.8 Å². The summed E-state index contributed by atoms with van der Waals surface area (Å²) in [6.07, 6.45) is 0. The van der Waals surface area contributed by atoms with E-state index in [0.717, 1.165) is 16.9 Å². The van der Waals surface area contributed by atoms with Crippen molar-refractivity contribution in [1.82, 2.24) is 4.90 Å². The second-order valence-electron chi connectivity index (χ2n) is 5.11. The summed E-state index contributed by atoms with van der Waals surface area (Å²) >= 11 is 0. The number of rotatable bonds is 6. The number of para-hydroxylation sites is 1. The Morgan fingerprint density at radius 2 is 1.81 bits per heavy atom. The molecule has 2 aromatic carbocycles. The number of nitrogens with zero attached hydrogens (tertiary/aromatic N) is 1. The highest BCUT2D eigenvalue weighted by Gasteiger charge is 2.09. The fourth-order valence-corrected chi connectivity index (χ4v) is 2.35. The van der Waals surface area contributed by atoms with Gasteiger partial charge in [0.25, 0.3) is 0 Å². The van der Waals surface area contributed by atoms with Crippen molar-refractivity contribution in [1.29, 1.82) is 0 Å². The van der Waals surface area contributed by atoms with Crippen LogP contribution in [0.15, 0.2) is 42.5 Å². The number of halogens is 1. The minimum absolute atomic E-state index is 0.195. The third-order valence-electron chi connectivity index (χ3n) is 3.42. The molecule has 0 saturated carbocycles. The third-order valence-corrected chi connectivity index (χ3v) is 3.42. The Hall–Kier alpha value is -1.91. The van der Waals surface area contributed by atoms with Gasteiger partial charge in [-0.05, 0) is 24.7 Å². The topological polar surface area (TPSA) is 38.5 Å². The fourth-order valence-electron chi connectivity index (χ4n) is 2.35. The van der Waals surface area contributed by atoms with Crippen LogP contribution < -0.4 is 10.5 Å². The smallest absolute Gasteiger partial charge is 0.127 e. The summed E-state index contributed by atoms with van der Waals surface area (Å²) in [6.45, 7) is 1.64. The van der Waals surface area contributed by atoms with Crippen molar-refractivity contribution in [2.45, 2.75) is 19.6 Å². The van der Waals surface area contributed by atoms with E-state index in [1.807, 2.05) is 37.4 Å². The van der Waals surface area contributed by atoms with Gasteiger partial charge < -0.3 is 10.5 Å². The minimum Gasteiger partial charge on any atom is -0.496 e. The fraction of sp³-hybridized carbons (Fsp3) is 0.294. The van der Waals surface area contributed by atoms with Gasteiger partial charge in [0.05, 0.1) is 7.11 Å². The van der Waals surface area contributed by atoms with E-state index >= 15 is 0 Å². The average Bonchev–Trinajstić information content (AvgIpc) is 2.50. The molecule has 0 aliphatic rings. The first-order valence-corrected chi connectivity index (χ1v) is 6.92. The van der Waals surface area contributed by atoms with Crippen molar-refractivity contribution >= 4 is 0 Å². The molecule has 0 bridgehead atoms. The van der Waals surface area contributed by atoms with E-state index in [0.29, 0.717) is 25.2 Å². The van der Waals surface area contributed by atoms with Gasteiger partial charge in [-0.2, -0.15) is 0 Å². The monoisotopic (exact) mass is 288 g/mol. The molecule has 0 fully saturated rings. The maximum atomic E-state index is 13.9. The molecule has 0 aliphatic carbocycles. The van der Waals surface area contributed by atoms with Gasteiger partial charge in [-0.25, -0.2) is 4.39 Å². The molecular formula is C17H21FN2O. The van der Waals surface area contributed by atoms with Crippen molar-refractivity contribution in [3.8, 4) is 5.75 Å². The Kier molecular flexibility index (Phi) is 5.31. The Labute approximate surface area is 125 Å². The molecule has 0 atom stereocenters. The van der Waals surface area contributed by atoms with Crippen LogP contribution in [0, 0.1) is 5.82 Å². The summed E-state index contributed by atoms with van der Waals surface area (Å²) in [5.74, 6) is 0.652. The lowest BCUT2D eigenvalue weighted by atomic mass is 10.1. The lowest BCUT2D eigenvalue weighted by molar-refractivity contribution is 0.305. The van der Waals surface area contributed by atoms with E-state index in [1.54, 1.807) is 13.2 Å². The van der Waals surface area contributed by atoms with Crippen LogP contribution in [0.5, 0.6) is 5.75 Å².